The van der Waals surface area contributed by atoms with Gasteiger partial charge in [0.25, 0.3) is 0 Å². The van der Waals surface area contributed by atoms with Crippen LogP contribution < -0.4 is 11.1 Å². The van der Waals surface area contributed by atoms with Crippen LogP contribution in [0.3, 0.4) is 0 Å². The number of nitrogens with two attached hydrogens (primary N) is 1. The lowest BCUT2D eigenvalue weighted by Crippen LogP contribution is -2.24. The molecule has 0 fully saturated rings. The van der Waals surface area contributed by atoms with Crippen molar-refractivity contribution in [3.05, 3.63) is 35.6 Å². The lowest BCUT2D eigenvalue weighted by atomic mass is 10.2. The highest BCUT2D eigenvalue weighted by molar-refractivity contribution is 5.82. The minimum absolute atomic E-state index is 0.0370. The summed E-state index contributed by atoms with van der Waals surface area (Å²) in [4.78, 5) is 21.6. The van der Waals surface area contributed by atoms with Crippen molar-refractivity contribution in [2.24, 2.45) is 5.73 Å². The number of carbonyl (C=O) groups is 2. The van der Waals surface area contributed by atoms with Gasteiger partial charge in [-0.1, -0.05) is 12.1 Å². The molecule has 86 valence electrons. The number of nitrogens with one attached hydrogen (secondary N) is 1. The second-order valence-corrected chi connectivity index (χ2v) is 3.37. The summed E-state index contributed by atoms with van der Waals surface area (Å²) >= 11 is 0. The van der Waals surface area contributed by atoms with E-state index in [0.29, 0.717) is 6.54 Å². The molecule has 1 aromatic rings. The summed E-state index contributed by atoms with van der Waals surface area (Å²) in [5.74, 6) is -1.07. The highest BCUT2D eigenvalue weighted by atomic mass is 19.1. The first kappa shape index (κ1) is 12.2. The maximum absolute atomic E-state index is 12.6. The summed E-state index contributed by atoms with van der Waals surface area (Å²) in [5.41, 5.74) is 5.70. The van der Waals surface area contributed by atoms with Gasteiger partial charge in [0.15, 0.2) is 0 Å². The third kappa shape index (κ3) is 4.54. The maximum atomic E-state index is 12.6. The van der Waals surface area contributed by atoms with Gasteiger partial charge in [0.1, 0.15) is 5.82 Å². The summed E-state index contributed by atoms with van der Waals surface area (Å²) in [6.07, 6.45) is 0.117. The van der Waals surface area contributed by atoms with E-state index in [1.807, 2.05) is 0 Å². The van der Waals surface area contributed by atoms with E-state index in [1.54, 1.807) is 12.1 Å². The lowest BCUT2D eigenvalue weighted by molar-refractivity contribution is -0.125. The standard InChI is InChI=1S/C11H13FN2O2/c12-9-3-1-8(2-4-9)7-14-11(16)6-5-10(13)15/h1-4H,5-7H2,(H2,13,15)(H,14,16). The Bertz CT molecular complexity index is 376. The van der Waals surface area contributed by atoms with E-state index >= 15 is 0 Å². The molecule has 0 aliphatic carbocycles. The van der Waals surface area contributed by atoms with Crippen molar-refractivity contribution in [2.45, 2.75) is 19.4 Å². The van der Waals surface area contributed by atoms with E-state index in [4.69, 9.17) is 5.73 Å². The molecule has 1 aromatic carbocycles. The molecule has 3 N–H and O–H groups in total. The van der Waals surface area contributed by atoms with Gasteiger partial charge in [0.2, 0.25) is 11.8 Å². The zero-order valence-electron chi connectivity index (χ0n) is 8.70. The fourth-order valence-electron chi connectivity index (χ4n) is 1.13. The van der Waals surface area contributed by atoms with Gasteiger partial charge in [-0.2, -0.15) is 0 Å². The molecule has 5 heteroatoms. The maximum Gasteiger partial charge on any atom is 0.220 e. The summed E-state index contributed by atoms with van der Waals surface area (Å²) in [5, 5.41) is 2.60. The Balaban J connectivity index is 2.31. The Morgan fingerprint density at radius 2 is 1.81 bits per heavy atom. The Morgan fingerprint density at radius 3 is 2.38 bits per heavy atom. The lowest BCUT2D eigenvalue weighted by Gasteiger charge is -2.04. The molecule has 0 heterocycles. The smallest absolute Gasteiger partial charge is 0.220 e. The van der Waals surface area contributed by atoms with Gasteiger partial charge in [-0.15, -0.1) is 0 Å². The molecule has 0 bridgehead atoms. The van der Waals surface area contributed by atoms with E-state index in [1.165, 1.54) is 12.1 Å². The summed E-state index contributed by atoms with van der Waals surface area (Å²) in [7, 11) is 0. The molecule has 0 saturated heterocycles. The van der Waals surface area contributed by atoms with Crippen LogP contribution in [0.15, 0.2) is 24.3 Å². The zero-order valence-corrected chi connectivity index (χ0v) is 8.70. The number of primary amides is 1. The molecule has 2 amide bonds. The molecule has 4 nitrogen and oxygen atoms in total. The van der Waals surface area contributed by atoms with Crippen LogP contribution in [0.5, 0.6) is 0 Å². The van der Waals surface area contributed by atoms with E-state index < -0.39 is 5.91 Å². The summed E-state index contributed by atoms with van der Waals surface area (Å²) < 4.78 is 12.6. The zero-order chi connectivity index (χ0) is 12.0. The van der Waals surface area contributed by atoms with Gasteiger partial charge in [-0.25, -0.2) is 4.39 Å². The number of carbonyl (C=O) groups excluding carboxylic acids is 2. The van der Waals surface area contributed by atoms with Gasteiger partial charge in [-0.05, 0) is 17.7 Å². The molecular formula is C11H13FN2O2. The van der Waals surface area contributed by atoms with E-state index in [0.717, 1.165) is 5.56 Å². The predicted molar refractivity (Wildman–Crippen MR) is 56.7 cm³/mol. The van der Waals surface area contributed by atoms with Crippen molar-refractivity contribution in [1.29, 1.82) is 0 Å². The topological polar surface area (TPSA) is 72.2 Å². The van der Waals surface area contributed by atoms with Gasteiger partial charge in [0, 0.05) is 19.4 Å². The van der Waals surface area contributed by atoms with E-state index in [2.05, 4.69) is 5.32 Å². The Labute approximate surface area is 92.6 Å². The van der Waals surface area contributed by atoms with Crippen molar-refractivity contribution in [1.82, 2.24) is 5.32 Å². The average Bonchev–Trinajstić information content (AvgIpc) is 2.25. The number of amides is 2. The van der Waals surface area contributed by atoms with Crippen molar-refractivity contribution >= 4 is 11.8 Å². The molecule has 0 radical (unpaired) electrons. The Morgan fingerprint density at radius 1 is 1.19 bits per heavy atom. The van der Waals surface area contributed by atoms with Gasteiger partial charge in [-0.3, -0.25) is 9.59 Å². The minimum atomic E-state index is -0.503. The Hall–Kier alpha value is -1.91. The van der Waals surface area contributed by atoms with Crippen LogP contribution in [-0.4, -0.2) is 11.8 Å². The van der Waals surface area contributed by atoms with Crippen LogP contribution in [0.1, 0.15) is 18.4 Å². The second kappa shape index (κ2) is 5.85. The SMILES string of the molecule is NC(=O)CCC(=O)NCc1ccc(F)cc1. The van der Waals surface area contributed by atoms with Crippen molar-refractivity contribution < 1.29 is 14.0 Å². The van der Waals surface area contributed by atoms with Crippen LogP contribution in [0.2, 0.25) is 0 Å². The van der Waals surface area contributed by atoms with Gasteiger partial charge >= 0.3 is 0 Å². The van der Waals surface area contributed by atoms with Crippen LogP contribution >= 0.6 is 0 Å². The second-order valence-electron chi connectivity index (χ2n) is 3.37. The first-order valence-electron chi connectivity index (χ1n) is 4.87. The highest BCUT2D eigenvalue weighted by Gasteiger charge is 2.03. The largest absolute Gasteiger partial charge is 0.370 e. The van der Waals surface area contributed by atoms with Crippen molar-refractivity contribution in [3.8, 4) is 0 Å². The van der Waals surface area contributed by atoms with Gasteiger partial charge < -0.3 is 11.1 Å². The minimum Gasteiger partial charge on any atom is -0.370 e. The third-order valence-electron chi connectivity index (χ3n) is 2.00. The fourth-order valence-corrected chi connectivity index (χ4v) is 1.13. The third-order valence-corrected chi connectivity index (χ3v) is 2.00. The molecule has 0 saturated carbocycles. The van der Waals surface area contributed by atoms with Gasteiger partial charge in [0.05, 0.1) is 0 Å². The van der Waals surface area contributed by atoms with Crippen LogP contribution in [0.25, 0.3) is 0 Å². The molecule has 0 atom stereocenters. The number of benzene rings is 1. The number of hydrogen-bond acceptors (Lipinski definition) is 2. The first-order chi connectivity index (χ1) is 7.58. The van der Waals surface area contributed by atoms with Crippen LogP contribution in [0, 0.1) is 5.82 Å². The fraction of sp³-hybridized carbons (Fsp3) is 0.273. The molecule has 0 spiro atoms. The monoisotopic (exact) mass is 224 g/mol. The molecule has 0 aliphatic heterocycles. The first-order valence-corrected chi connectivity index (χ1v) is 4.87. The van der Waals surface area contributed by atoms with Crippen molar-refractivity contribution in [3.63, 3.8) is 0 Å². The van der Waals surface area contributed by atoms with Crippen LogP contribution in [0.4, 0.5) is 4.39 Å². The Kier molecular flexibility index (Phi) is 4.44. The molecular weight excluding hydrogens is 211 g/mol. The van der Waals surface area contributed by atoms with E-state index in [-0.39, 0.29) is 24.6 Å². The van der Waals surface area contributed by atoms with Crippen LogP contribution in [-0.2, 0) is 16.1 Å². The summed E-state index contributed by atoms with van der Waals surface area (Å²) in [6, 6.07) is 5.82. The normalized spacial score (nSPS) is 9.81. The molecule has 0 aromatic heterocycles. The molecule has 0 aliphatic rings. The average molecular weight is 224 g/mol. The quantitative estimate of drug-likeness (QED) is 0.773. The molecule has 1 rings (SSSR count). The summed E-state index contributed by atoms with van der Waals surface area (Å²) in [6.45, 7) is 0.317. The number of halogens is 1. The molecule has 0 unspecified atom stereocenters. The number of hydrogen-bond donors (Lipinski definition) is 2. The molecule has 16 heavy (non-hydrogen) atoms. The number of rotatable bonds is 5. The predicted octanol–water partition coefficient (Wildman–Crippen LogP) is 0.707. The van der Waals surface area contributed by atoms with Crippen molar-refractivity contribution in [2.75, 3.05) is 0 Å². The highest BCUT2D eigenvalue weighted by Crippen LogP contribution is 2.02. The van der Waals surface area contributed by atoms with E-state index in [9.17, 15) is 14.0 Å².